The maximum atomic E-state index is 12.6. The van der Waals surface area contributed by atoms with Crippen molar-refractivity contribution in [3.05, 3.63) is 36.0 Å². The molecule has 0 bridgehead atoms. The summed E-state index contributed by atoms with van der Waals surface area (Å²) >= 11 is 0. The number of carbonyl (C=O) groups is 1. The van der Waals surface area contributed by atoms with Crippen molar-refractivity contribution in [3.63, 3.8) is 0 Å². The van der Waals surface area contributed by atoms with Crippen molar-refractivity contribution in [3.8, 4) is 0 Å². The summed E-state index contributed by atoms with van der Waals surface area (Å²) in [6.45, 7) is 1.95. The van der Waals surface area contributed by atoms with Crippen molar-refractivity contribution in [2.75, 3.05) is 20.1 Å². The van der Waals surface area contributed by atoms with Crippen LogP contribution in [0.5, 0.6) is 0 Å². The molecule has 1 aromatic carbocycles. The minimum atomic E-state index is 0.0988. The van der Waals surface area contributed by atoms with Gasteiger partial charge in [0.1, 0.15) is 0 Å². The van der Waals surface area contributed by atoms with E-state index in [2.05, 4.69) is 10.3 Å². The lowest BCUT2D eigenvalue weighted by Crippen LogP contribution is -2.46. The molecule has 1 aliphatic heterocycles. The molecule has 2 N–H and O–H groups in total. The molecule has 2 aromatic rings. The number of amides is 1. The Labute approximate surface area is 112 Å². The van der Waals surface area contributed by atoms with Gasteiger partial charge in [-0.2, -0.15) is 0 Å². The summed E-state index contributed by atoms with van der Waals surface area (Å²) in [4.78, 5) is 17.7. The van der Waals surface area contributed by atoms with Crippen molar-refractivity contribution in [2.24, 2.45) is 0 Å². The number of para-hydroxylation sites is 1. The first-order chi connectivity index (χ1) is 9.27. The number of aromatic amines is 1. The molecule has 0 radical (unpaired) electrons. The molecule has 1 saturated heterocycles. The third kappa shape index (κ3) is 2.24. The molecule has 1 aromatic heterocycles. The van der Waals surface area contributed by atoms with Crippen LogP contribution in [-0.4, -0.2) is 42.0 Å². The highest BCUT2D eigenvalue weighted by Crippen LogP contribution is 2.20. The van der Waals surface area contributed by atoms with Crippen LogP contribution in [0.2, 0.25) is 0 Å². The van der Waals surface area contributed by atoms with E-state index in [1.54, 1.807) is 0 Å². The lowest BCUT2D eigenvalue weighted by Gasteiger charge is -2.31. The fourth-order valence-corrected chi connectivity index (χ4v) is 2.78. The van der Waals surface area contributed by atoms with Crippen molar-refractivity contribution in [1.82, 2.24) is 15.2 Å². The fourth-order valence-electron chi connectivity index (χ4n) is 2.78. The topological polar surface area (TPSA) is 48.1 Å². The van der Waals surface area contributed by atoms with Crippen molar-refractivity contribution in [1.29, 1.82) is 0 Å². The number of aromatic nitrogens is 1. The molecule has 1 atom stereocenters. The molecule has 1 fully saturated rings. The van der Waals surface area contributed by atoms with Gasteiger partial charge in [-0.05, 0) is 31.5 Å². The number of fused-ring (bicyclic) bond motifs is 1. The molecular formula is C15H19N3O. The minimum Gasteiger partial charge on any atom is -0.361 e. The van der Waals surface area contributed by atoms with Gasteiger partial charge in [0.15, 0.2) is 0 Å². The standard InChI is InChI=1S/C15H19N3O/c1-18(12-5-3-8-16-10-12)15(19)13-6-2-4-11-7-9-17-14(11)13/h2,4,6-7,9,12,16-17H,3,5,8,10H2,1H3. The lowest BCUT2D eigenvalue weighted by atomic mass is 10.0. The van der Waals surface area contributed by atoms with Crippen LogP contribution >= 0.6 is 0 Å². The van der Waals surface area contributed by atoms with E-state index in [0.717, 1.165) is 42.4 Å². The second-order valence-electron chi connectivity index (χ2n) is 5.16. The molecule has 2 heterocycles. The van der Waals surface area contributed by atoms with E-state index in [9.17, 15) is 4.79 Å². The zero-order valence-electron chi connectivity index (χ0n) is 11.1. The number of nitrogens with zero attached hydrogens (tertiary/aromatic N) is 1. The first-order valence-electron chi connectivity index (χ1n) is 6.81. The van der Waals surface area contributed by atoms with Crippen LogP contribution in [0, 0.1) is 0 Å². The van der Waals surface area contributed by atoms with Gasteiger partial charge in [0.25, 0.3) is 5.91 Å². The van der Waals surface area contributed by atoms with Crippen LogP contribution in [0.3, 0.4) is 0 Å². The average molecular weight is 257 g/mol. The van der Waals surface area contributed by atoms with E-state index in [1.807, 2.05) is 42.4 Å². The third-order valence-corrected chi connectivity index (χ3v) is 3.96. The van der Waals surface area contributed by atoms with Crippen molar-refractivity contribution in [2.45, 2.75) is 18.9 Å². The number of likely N-dealkylation sites (N-methyl/N-ethyl adjacent to an activating group) is 1. The van der Waals surface area contributed by atoms with Gasteiger partial charge in [-0.1, -0.05) is 12.1 Å². The maximum Gasteiger partial charge on any atom is 0.256 e. The number of piperidine rings is 1. The Morgan fingerprint density at radius 1 is 1.37 bits per heavy atom. The van der Waals surface area contributed by atoms with Crippen molar-refractivity contribution < 1.29 is 4.79 Å². The smallest absolute Gasteiger partial charge is 0.256 e. The van der Waals surface area contributed by atoms with Gasteiger partial charge in [0.05, 0.1) is 11.1 Å². The van der Waals surface area contributed by atoms with Gasteiger partial charge in [0, 0.05) is 31.2 Å². The molecule has 1 amide bonds. The van der Waals surface area contributed by atoms with E-state index in [0.29, 0.717) is 6.04 Å². The van der Waals surface area contributed by atoms with Crippen LogP contribution in [0.1, 0.15) is 23.2 Å². The largest absolute Gasteiger partial charge is 0.361 e. The molecule has 1 aliphatic rings. The van der Waals surface area contributed by atoms with Gasteiger partial charge < -0.3 is 15.2 Å². The molecule has 3 rings (SSSR count). The Hall–Kier alpha value is -1.81. The molecule has 4 heteroatoms. The Bertz CT molecular complexity index is 584. The average Bonchev–Trinajstić information content (AvgIpc) is 2.95. The highest BCUT2D eigenvalue weighted by molar-refractivity contribution is 6.05. The Morgan fingerprint density at radius 2 is 2.26 bits per heavy atom. The van der Waals surface area contributed by atoms with Crippen LogP contribution in [0.15, 0.2) is 30.5 Å². The summed E-state index contributed by atoms with van der Waals surface area (Å²) in [6.07, 6.45) is 4.09. The van der Waals surface area contributed by atoms with Gasteiger partial charge in [-0.15, -0.1) is 0 Å². The first-order valence-corrected chi connectivity index (χ1v) is 6.81. The van der Waals surface area contributed by atoms with Crippen LogP contribution in [0.25, 0.3) is 10.9 Å². The zero-order valence-corrected chi connectivity index (χ0v) is 11.1. The molecule has 100 valence electrons. The molecule has 0 saturated carbocycles. The predicted molar refractivity (Wildman–Crippen MR) is 76.3 cm³/mol. The number of hydrogen-bond acceptors (Lipinski definition) is 2. The molecule has 1 unspecified atom stereocenters. The number of H-pyrrole nitrogens is 1. The maximum absolute atomic E-state index is 12.6. The normalized spacial score (nSPS) is 19.5. The molecule has 0 aliphatic carbocycles. The van der Waals surface area contributed by atoms with E-state index in [1.165, 1.54) is 0 Å². The van der Waals surface area contributed by atoms with E-state index in [4.69, 9.17) is 0 Å². The van der Waals surface area contributed by atoms with E-state index >= 15 is 0 Å². The number of carbonyl (C=O) groups excluding carboxylic acids is 1. The number of benzene rings is 1. The summed E-state index contributed by atoms with van der Waals surface area (Å²) in [6, 6.07) is 8.15. The van der Waals surface area contributed by atoms with E-state index in [-0.39, 0.29) is 5.91 Å². The number of rotatable bonds is 2. The van der Waals surface area contributed by atoms with Gasteiger partial charge in [-0.3, -0.25) is 4.79 Å². The second kappa shape index (κ2) is 5.05. The molecular weight excluding hydrogens is 238 g/mol. The monoisotopic (exact) mass is 257 g/mol. The predicted octanol–water partition coefficient (Wildman–Crippen LogP) is 1.99. The van der Waals surface area contributed by atoms with Gasteiger partial charge >= 0.3 is 0 Å². The van der Waals surface area contributed by atoms with Gasteiger partial charge in [-0.25, -0.2) is 0 Å². The quantitative estimate of drug-likeness (QED) is 0.864. The molecule has 19 heavy (non-hydrogen) atoms. The van der Waals surface area contributed by atoms with E-state index < -0.39 is 0 Å². The molecule has 0 spiro atoms. The lowest BCUT2D eigenvalue weighted by molar-refractivity contribution is 0.0710. The number of nitrogens with one attached hydrogen (secondary N) is 2. The van der Waals surface area contributed by atoms with Crippen molar-refractivity contribution >= 4 is 16.8 Å². The Kier molecular flexibility index (Phi) is 3.25. The summed E-state index contributed by atoms with van der Waals surface area (Å²) in [7, 11) is 1.90. The van der Waals surface area contributed by atoms with Crippen LogP contribution in [0.4, 0.5) is 0 Å². The highest BCUT2D eigenvalue weighted by atomic mass is 16.2. The SMILES string of the molecule is CN(C(=O)c1cccc2cc[nH]c12)C1CCCNC1. The second-order valence-corrected chi connectivity index (χ2v) is 5.16. The highest BCUT2D eigenvalue weighted by Gasteiger charge is 2.24. The molecule has 4 nitrogen and oxygen atoms in total. The Morgan fingerprint density at radius 3 is 3.05 bits per heavy atom. The third-order valence-electron chi connectivity index (χ3n) is 3.96. The fraction of sp³-hybridized carbons (Fsp3) is 0.400. The summed E-state index contributed by atoms with van der Waals surface area (Å²) in [5, 5.41) is 4.44. The zero-order chi connectivity index (χ0) is 13.2. The summed E-state index contributed by atoms with van der Waals surface area (Å²) in [5.41, 5.74) is 1.69. The van der Waals surface area contributed by atoms with Gasteiger partial charge in [0.2, 0.25) is 0 Å². The Balaban J connectivity index is 1.88. The summed E-state index contributed by atoms with van der Waals surface area (Å²) in [5.74, 6) is 0.0988. The summed E-state index contributed by atoms with van der Waals surface area (Å²) < 4.78 is 0. The first kappa shape index (κ1) is 12.2. The van der Waals surface area contributed by atoms with Crippen LogP contribution in [-0.2, 0) is 0 Å². The van der Waals surface area contributed by atoms with Crippen LogP contribution < -0.4 is 5.32 Å². The minimum absolute atomic E-state index is 0.0988. The number of hydrogen-bond donors (Lipinski definition) is 2.